The van der Waals surface area contributed by atoms with Crippen LogP contribution in [0, 0.1) is 23.7 Å². The van der Waals surface area contributed by atoms with Gasteiger partial charge in [0.05, 0.1) is 22.5 Å². The molecule has 5 heteroatoms. The Bertz CT molecular complexity index is 529. The van der Waals surface area contributed by atoms with Crippen molar-refractivity contribution in [3.63, 3.8) is 0 Å². The number of aryl methyl sites for hydroxylation is 2. The number of carbonyl (C=O) groups is 1. The summed E-state index contributed by atoms with van der Waals surface area (Å²) >= 11 is 6.23. The number of hydrogen-bond acceptors (Lipinski definition) is 3. The molecule has 1 aliphatic carbocycles. The normalized spacial score (nSPS) is 23.3. The molecule has 4 nitrogen and oxygen atoms in total. The summed E-state index contributed by atoms with van der Waals surface area (Å²) in [6.07, 6.45) is 2.32. The Labute approximate surface area is 112 Å². The summed E-state index contributed by atoms with van der Waals surface area (Å²) < 4.78 is 1.79. The number of halogens is 1. The predicted octanol–water partition coefficient (Wildman–Crippen LogP) is 2.67. The van der Waals surface area contributed by atoms with E-state index in [1.807, 2.05) is 13.8 Å². The Morgan fingerprint density at radius 2 is 2.33 bits per heavy atom. The molecule has 0 amide bonds. The Balaban J connectivity index is 2.40. The van der Waals surface area contributed by atoms with Crippen LogP contribution in [0.15, 0.2) is 0 Å². The highest BCUT2D eigenvalue weighted by atomic mass is 35.5. The fraction of sp³-hybridized carbons (Fsp3) is 0.615. The molecule has 0 radical (unpaired) electrons. The lowest BCUT2D eigenvalue weighted by atomic mass is 9.82. The second kappa shape index (κ2) is 4.74. The molecule has 1 saturated carbocycles. The summed E-state index contributed by atoms with van der Waals surface area (Å²) in [5.74, 6) is 0.0440. The molecule has 1 aromatic rings. The van der Waals surface area contributed by atoms with E-state index in [9.17, 15) is 10.1 Å². The van der Waals surface area contributed by atoms with Crippen molar-refractivity contribution >= 4 is 17.4 Å². The first-order valence-corrected chi connectivity index (χ1v) is 6.58. The lowest BCUT2D eigenvalue weighted by molar-refractivity contribution is -0.123. The molecule has 0 aliphatic heterocycles. The van der Waals surface area contributed by atoms with Crippen LogP contribution in [0.3, 0.4) is 0 Å². The average Bonchev–Trinajstić information content (AvgIpc) is 2.85. The lowest BCUT2D eigenvalue weighted by Crippen LogP contribution is -2.28. The van der Waals surface area contributed by atoms with Crippen molar-refractivity contribution in [1.82, 2.24) is 9.78 Å². The largest absolute Gasteiger partial charge is 0.298 e. The zero-order valence-corrected chi connectivity index (χ0v) is 11.4. The minimum absolute atomic E-state index is 0.0440. The number of rotatable bonds is 3. The number of nitrogens with zero attached hydrogens (tertiary/aromatic N) is 3. The average molecular weight is 266 g/mol. The van der Waals surface area contributed by atoms with Gasteiger partial charge < -0.3 is 0 Å². The van der Waals surface area contributed by atoms with Gasteiger partial charge in [-0.05, 0) is 26.7 Å². The second-order valence-corrected chi connectivity index (χ2v) is 5.19. The van der Waals surface area contributed by atoms with E-state index in [1.165, 1.54) is 0 Å². The van der Waals surface area contributed by atoms with Gasteiger partial charge in [0.15, 0.2) is 5.78 Å². The SMILES string of the molecule is CCn1nc(C)c(Cl)c1CC1(C#N)CCCC1=O. The molecule has 0 N–H and O–H groups in total. The Morgan fingerprint density at radius 3 is 2.83 bits per heavy atom. The van der Waals surface area contributed by atoms with E-state index in [0.717, 1.165) is 17.8 Å². The van der Waals surface area contributed by atoms with E-state index in [2.05, 4.69) is 11.2 Å². The third-order valence-electron chi connectivity index (χ3n) is 3.68. The molecule has 0 bridgehead atoms. The highest BCUT2D eigenvalue weighted by Crippen LogP contribution is 2.39. The van der Waals surface area contributed by atoms with Gasteiger partial charge in [-0.2, -0.15) is 10.4 Å². The van der Waals surface area contributed by atoms with E-state index in [4.69, 9.17) is 11.6 Å². The minimum atomic E-state index is -0.886. The predicted molar refractivity (Wildman–Crippen MR) is 68.3 cm³/mol. The first kappa shape index (κ1) is 13.1. The Morgan fingerprint density at radius 1 is 1.61 bits per heavy atom. The summed E-state index contributed by atoms with van der Waals surface area (Å²) in [5, 5.41) is 14.3. The molecule has 1 heterocycles. The van der Waals surface area contributed by atoms with Crippen molar-refractivity contribution in [1.29, 1.82) is 5.26 Å². The van der Waals surface area contributed by atoms with Gasteiger partial charge in [0.1, 0.15) is 5.41 Å². The zero-order chi connectivity index (χ0) is 13.3. The van der Waals surface area contributed by atoms with Crippen LogP contribution in [0.5, 0.6) is 0 Å². The first-order chi connectivity index (χ1) is 8.54. The van der Waals surface area contributed by atoms with Gasteiger partial charge >= 0.3 is 0 Å². The summed E-state index contributed by atoms with van der Waals surface area (Å²) in [6.45, 7) is 4.51. The van der Waals surface area contributed by atoms with Gasteiger partial charge in [0.25, 0.3) is 0 Å². The van der Waals surface area contributed by atoms with E-state index in [-0.39, 0.29) is 5.78 Å². The first-order valence-electron chi connectivity index (χ1n) is 6.20. The summed E-state index contributed by atoms with van der Waals surface area (Å²) in [6, 6.07) is 2.21. The van der Waals surface area contributed by atoms with Crippen molar-refractivity contribution in [3.05, 3.63) is 16.4 Å². The van der Waals surface area contributed by atoms with Crippen LogP contribution in [0.4, 0.5) is 0 Å². The smallest absolute Gasteiger partial charge is 0.153 e. The molecule has 1 atom stereocenters. The van der Waals surface area contributed by atoms with Gasteiger partial charge in [-0.25, -0.2) is 0 Å². The summed E-state index contributed by atoms with van der Waals surface area (Å²) in [5.41, 5.74) is 0.684. The number of carbonyl (C=O) groups excluding carboxylic acids is 1. The molecule has 96 valence electrons. The molecule has 1 fully saturated rings. The van der Waals surface area contributed by atoms with Crippen molar-refractivity contribution in [2.45, 2.75) is 46.1 Å². The van der Waals surface area contributed by atoms with Gasteiger partial charge in [-0.3, -0.25) is 9.48 Å². The van der Waals surface area contributed by atoms with Crippen molar-refractivity contribution in [3.8, 4) is 6.07 Å². The molecular weight excluding hydrogens is 250 g/mol. The van der Waals surface area contributed by atoms with E-state index >= 15 is 0 Å². The molecule has 0 spiro atoms. The van der Waals surface area contributed by atoms with Crippen molar-refractivity contribution < 1.29 is 4.79 Å². The molecule has 2 rings (SSSR count). The fourth-order valence-electron chi connectivity index (χ4n) is 2.60. The standard InChI is InChI=1S/C13H16ClN3O/c1-3-17-10(12(14)9(2)16-17)7-13(8-15)6-4-5-11(13)18/h3-7H2,1-2H3. The maximum Gasteiger partial charge on any atom is 0.153 e. The number of hydrogen-bond donors (Lipinski definition) is 0. The zero-order valence-electron chi connectivity index (χ0n) is 10.7. The van der Waals surface area contributed by atoms with E-state index in [0.29, 0.717) is 30.8 Å². The molecule has 1 aromatic heterocycles. The summed E-state index contributed by atoms with van der Waals surface area (Å²) in [4.78, 5) is 12.0. The van der Waals surface area contributed by atoms with E-state index < -0.39 is 5.41 Å². The Kier molecular flexibility index (Phi) is 3.45. The van der Waals surface area contributed by atoms with Crippen molar-refractivity contribution in [2.24, 2.45) is 5.41 Å². The Hall–Kier alpha value is -1.34. The maximum atomic E-state index is 12.0. The van der Waals surface area contributed by atoms with Crippen molar-refractivity contribution in [2.75, 3.05) is 0 Å². The molecule has 0 saturated heterocycles. The molecular formula is C13H16ClN3O. The molecule has 1 aliphatic rings. The maximum absolute atomic E-state index is 12.0. The minimum Gasteiger partial charge on any atom is -0.298 e. The number of Topliss-reactive ketones (excluding diaryl/α,β-unsaturated/α-hetero) is 1. The van der Waals surface area contributed by atoms with Crippen LogP contribution in [0.25, 0.3) is 0 Å². The highest BCUT2D eigenvalue weighted by Gasteiger charge is 2.43. The van der Waals surface area contributed by atoms with Gasteiger partial charge in [0, 0.05) is 19.4 Å². The second-order valence-electron chi connectivity index (χ2n) is 4.81. The molecule has 0 aromatic carbocycles. The van der Waals surface area contributed by atoms with E-state index in [1.54, 1.807) is 4.68 Å². The van der Waals surface area contributed by atoms with Gasteiger partial charge in [-0.1, -0.05) is 11.6 Å². The third-order valence-corrected chi connectivity index (χ3v) is 4.17. The number of aromatic nitrogens is 2. The van der Waals surface area contributed by atoms with Crippen LogP contribution < -0.4 is 0 Å². The van der Waals surface area contributed by atoms with Crippen LogP contribution in [-0.4, -0.2) is 15.6 Å². The quantitative estimate of drug-likeness (QED) is 0.844. The van der Waals surface area contributed by atoms with Gasteiger partial charge in [-0.15, -0.1) is 0 Å². The van der Waals surface area contributed by atoms with Crippen LogP contribution in [0.2, 0.25) is 5.02 Å². The van der Waals surface area contributed by atoms with Crippen LogP contribution in [-0.2, 0) is 17.8 Å². The number of nitriles is 1. The third kappa shape index (κ3) is 1.93. The summed E-state index contributed by atoms with van der Waals surface area (Å²) in [7, 11) is 0. The number of ketones is 1. The molecule has 1 unspecified atom stereocenters. The van der Waals surface area contributed by atoms with Gasteiger partial charge in [0.2, 0.25) is 0 Å². The lowest BCUT2D eigenvalue weighted by Gasteiger charge is -2.19. The van der Waals surface area contributed by atoms with Crippen LogP contribution in [0.1, 0.15) is 37.6 Å². The topological polar surface area (TPSA) is 58.7 Å². The van der Waals surface area contributed by atoms with Crippen LogP contribution >= 0.6 is 11.6 Å². The highest BCUT2D eigenvalue weighted by molar-refractivity contribution is 6.31. The monoisotopic (exact) mass is 265 g/mol. The molecule has 18 heavy (non-hydrogen) atoms. The fourth-order valence-corrected chi connectivity index (χ4v) is 2.80.